The van der Waals surface area contributed by atoms with E-state index in [4.69, 9.17) is 10.5 Å². The summed E-state index contributed by atoms with van der Waals surface area (Å²) in [7, 11) is 0. The van der Waals surface area contributed by atoms with E-state index in [9.17, 15) is 9.59 Å². The van der Waals surface area contributed by atoms with E-state index < -0.39 is 23.6 Å². The van der Waals surface area contributed by atoms with Gasteiger partial charge in [-0.1, -0.05) is 6.08 Å². The molecule has 5 heteroatoms. The molecule has 0 saturated carbocycles. The highest BCUT2D eigenvalue weighted by atomic mass is 16.6. The quantitative estimate of drug-likeness (QED) is 0.685. The van der Waals surface area contributed by atoms with Crippen molar-refractivity contribution in [3.63, 3.8) is 0 Å². The first-order chi connectivity index (χ1) is 6.74. The van der Waals surface area contributed by atoms with Crippen molar-refractivity contribution in [2.75, 3.05) is 0 Å². The zero-order valence-electron chi connectivity index (χ0n) is 9.37. The Hall–Kier alpha value is -1.36. The predicted molar refractivity (Wildman–Crippen MR) is 57.2 cm³/mol. The average Bonchev–Trinajstić information content (AvgIpc) is 1.99. The Bertz CT molecular complexity index is 256. The molecule has 0 aromatic heterocycles. The molecule has 0 saturated heterocycles. The highest BCUT2D eigenvalue weighted by molar-refractivity contribution is 5.92. The molecule has 15 heavy (non-hydrogen) atoms. The summed E-state index contributed by atoms with van der Waals surface area (Å²) in [6, 6.07) is -0.451. The van der Waals surface area contributed by atoms with E-state index in [1.807, 2.05) is 0 Å². The number of amides is 2. The van der Waals surface area contributed by atoms with Crippen molar-refractivity contribution in [1.29, 1.82) is 0 Å². The van der Waals surface area contributed by atoms with Crippen LogP contribution in [0.1, 0.15) is 27.2 Å². The summed E-state index contributed by atoms with van der Waals surface area (Å²) in [4.78, 5) is 22.3. The van der Waals surface area contributed by atoms with Crippen molar-refractivity contribution >= 4 is 12.0 Å². The molecule has 0 spiro atoms. The molecule has 0 bridgehead atoms. The number of nitrogens with two attached hydrogens (primary N) is 1. The van der Waals surface area contributed by atoms with Gasteiger partial charge >= 0.3 is 6.09 Å². The van der Waals surface area contributed by atoms with E-state index in [1.165, 1.54) is 6.08 Å². The second-order valence-corrected chi connectivity index (χ2v) is 4.15. The van der Waals surface area contributed by atoms with Gasteiger partial charge in [-0.15, -0.1) is 6.58 Å². The number of alkyl carbamates (subject to hydrolysis) is 1. The molecule has 1 unspecified atom stereocenters. The van der Waals surface area contributed by atoms with Gasteiger partial charge in [0.2, 0.25) is 5.91 Å². The van der Waals surface area contributed by atoms with E-state index in [0.29, 0.717) is 0 Å². The summed E-state index contributed by atoms with van der Waals surface area (Å²) in [5, 5.41) is 2.07. The SMILES string of the molecule is C=CC(N)CC(=O)NC(=O)OC(C)(C)C. The molecule has 5 nitrogen and oxygen atoms in total. The van der Waals surface area contributed by atoms with Gasteiger partial charge in [0.1, 0.15) is 5.60 Å². The molecule has 0 rings (SSSR count). The molecule has 0 aromatic rings. The lowest BCUT2D eigenvalue weighted by molar-refractivity contribution is -0.120. The van der Waals surface area contributed by atoms with E-state index in [2.05, 4.69) is 11.9 Å². The molecular weight excluding hydrogens is 196 g/mol. The van der Waals surface area contributed by atoms with Crippen molar-refractivity contribution in [3.8, 4) is 0 Å². The van der Waals surface area contributed by atoms with Crippen LogP contribution < -0.4 is 11.1 Å². The maximum Gasteiger partial charge on any atom is 0.414 e. The van der Waals surface area contributed by atoms with Crippen LogP contribution in [0.25, 0.3) is 0 Å². The molecular formula is C10H18N2O3. The van der Waals surface area contributed by atoms with Crippen molar-refractivity contribution < 1.29 is 14.3 Å². The summed E-state index contributed by atoms with van der Waals surface area (Å²) in [6.07, 6.45) is 0.695. The fourth-order valence-electron chi connectivity index (χ4n) is 0.766. The first kappa shape index (κ1) is 13.6. The third-order valence-corrected chi connectivity index (χ3v) is 1.36. The monoisotopic (exact) mass is 214 g/mol. The molecule has 3 N–H and O–H groups in total. The summed E-state index contributed by atoms with van der Waals surface area (Å²) in [5.41, 5.74) is 4.83. The Labute approximate surface area is 89.7 Å². The molecule has 0 aromatic carbocycles. The predicted octanol–water partition coefficient (Wildman–Crippen LogP) is 0.941. The molecule has 0 aliphatic rings. The number of ether oxygens (including phenoxy) is 1. The van der Waals surface area contributed by atoms with Crippen LogP contribution >= 0.6 is 0 Å². The molecule has 2 amide bonds. The van der Waals surface area contributed by atoms with Crippen LogP contribution in [-0.2, 0) is 9.53 Å². The number of carbonyl (C=O) groups is 2. The lowest BCUT2D eigenvalue weighted by Crippen LogP contribution is -2.38. The third kappa shape index (κ3) is 7.69. The maximum absolute atomic E-state index is 11.2. The first-order valence-corrected chi connectivity index (χ1v) is 4.65. The van der Waals surface area contributed by atoms with Crippen LogP contribution in [0.2, 0.25) is 0 Å². The van der Waals surface area contributed by atoms with Gasteiger partial charge in [0.05, 0.1) is 0 Å². The minimum Gasteiger partial charge on any atom is -0.444 e. The van der Waals surface area contributed by atoms with Crippen molar-refractivity contribution in [2.45, 2.75) is 38.8 Å². The number of imide groups is 1. The van der Waals surface area contributed by atoms with Crippen LogP contribution in [0.3, 0.4) is 0 Å². The van der Waals surface area contributed by atoms with Crippen molar-refractivity contribution in [1.82, 2.24) is 5.32 Å². The summed E-state index contributed by atoms with van der Waals surface area (Å²) in [6.45, 7) is 8.58. The minimum atomic E-state index is -0.760. The van der Waals surface area contributed by atoms with E-state index in [0.717, 1.165) is 0 Å². The molecule has 0 heterocycles. The van der Waals surface area contributed by atoms with Gasteiger partial charge in [-0.25, -0.2) is 4.79 Å². The highest BCUT2D eigenvalue weighted by Gasteiger charge is 2.18. The molecule has 0 radical (unpaired) electrons. The first-order valence-electron chi connectivity index (χ1n) is 4.65. The lowest BCUT2D eigenvalue weighted by Gasteiger charge is -2.19. The highest BCUT2D eigenvalue weighted by Crippen LogP contribution is 2.06. The molecule has 0 aliphatic heterocycles. The Morgan fingerprint density at radius 2 is 2.07 bits per heavy atom. The number of rotatable bonds is 3. The molecule has 0 fully saturated rings. The number of hydrogen-bond donors (Lipinski definition) is 2. The number of nitrogens with one attached hydrogen (secondary N) is 1. The smallest absolute Gasteiger partial charge is 0.414 e. The Kier molecular flexibility index (Phi) is 5.00. The molecule has 86 valence electrons. The topological polar surface area (TPSA) is 81.4 Å². The van der Waals surface area contributed by atoms with Gasteiger partial charge in [0.25, 0.3) is 0 Å². The van der Waals surface area contributed by atoms with E-state index >= 15 is 0 Å². The number of carbonyl (C=O) groups excluding carboxylic acids is 2. The van der Waals surface area contributed by atoms with Crippen LogP contribution in [-0.4, -0.2) is 23.6 Å². The number of hydrogen-bond acceptors (Lipinski definition) is 4. The van der Waals surface area contributed by atoms with Crippen LogP contribution in [0.15, 0.2) is 12.7 Å². The van der Waals surface area contributed by atoms with Crippen molar-refractivity contribution in [2.24, 2.45) is 5.73 Å². The van der Waals surface area contributed by atoms with Gasteiger partial charge in [0, 0.05) is 12.5 Å². The molecule has 0 aliphatic carbocycles. The Balaban J connectivity index is 3.97. The summed E-state index contributed by atoms with van der Waals surface area (Å²) in [5.74, 6) is -0.475. The van der Waals surface area contributed by atoms with Gasteiger partial charge in [-0.05, 0) is 20.8 Å². The van der Waals surface area contributed by atoms with Gasteiger partial charge in [-0.2, -0.15) is 0 Å². The standard InChI is InChI=1S/C10H18N2O3/c1-5-7(11)6-8(13)12-9(14)15-10(2,3)4/h5,7H,1,6,11H2,2-4H3,(H,12,13,14). The molecule has 1 atom stereocenters. The normalized spacial score (nSPS) is 12.8. The fraction of sp³-hybridized carbons (Fsp3) is 0.600. The third-order valence-electron chi connectivity index (χ3n) is 1.36. The zero-order chi connectivity index (χ0) is 12.1. The average molecular weight is 214 g/mol. The zero-order valence-corrected chi connectivity index (χ0v) is 9.37. The summed E-state index contributed by atoms with van der Waals surface area (Å²) < 4.78 is 4.89. The second kappa shape index (κ2) is 5.50. The van der Waals surface area contributed by atoms with Crippen LogP contribution in [0.4, 0.5) is 4.79 Å². The van der Waals surface area contributed by atoms with E-state index in [-0.39, 0.29) is 6.42 Å². The van der Waals surface area contributed by atoms with Gasteiger partial charge < -0.3 is 10.5 Å². The minimum absolute atomic E-state index is 0.0166. The maximum atomic E-state index is 11.2. The van der Waals surface area contributed by atoms with Crippen molar-refractivity contribution in [3.05, 3.63) is 12.7 Å². The summed E-state index contributed by atoms with van der Waals surface area (Å²) >= 11 is 0. The van der Waals surface area contributed by atoms with Gasteiger partial charge in [0.15, 0.2) is 0 Å². The van der Waals surface area contributed by atoms with Crippen LogP contribution in [0, 0.1) is 0 Å². The lowest BCUT2D eigenvalue weighted by atomic mass is 10.2. The largest absolute Gasteiger partial charge is 0.444 e. The Morgan fingerprint density at radius 1 is 1.53 bits per heavy atom. The van der Waals surface area contributed by atoms with Crippen LogP contribution in [0.5, 0.6) is 0 Å². The Morgan fingerprint density at radius 3 is 2.47 bits per heavy atom. The second-order valence-electron chi connectivity index (χ2n) is 4.15. The van der Waals surface area contributed by atoms with Gasteiger partial charge in [-0.3, -0.25) is 10.1 Å². The fourth-order valence-corrected chi connectivity index (χ4v) is 0.766. The van der Waals surface area contributed by atoms with E-state index in [1.54, 1.807) is 20.8 Å².